The van der Waals surface area contributed by atoms with E-state index < -0.39 is 40.4 Å². The fourth-order valence-corrected chi connectivity index (χ4v) is 3.62. The van der Waals surface area contributed by atoms with Gasteiger partial charge in [-0.15, -0.1) is 0 Å². The highest BCUT2D eigenvalue weighted by atomic mass is 19.2. The first-order valence-corrected chi connectivity index (χ1v) is 10.5. The summed E-state index contributed by atoms with van der Waals surface area (Å²) in [5.74, 6) is -5.96. The molecule has 0 aromatic heterocycles. The number of benzene rings is 1. The number of halogens is 3. The van der Waals surface area contributed by atoms with E-state index in [1.165, 1.54) is 4.90 Å². The highest BCUT2D eigenvalue weighted by molar-refractivity contribution is 5.95. The van der Waals surface area contributed by atoms with Gasteiger partial charge in [0.05, 0.1) is 18.2 Å². The molecule has 2 rings (SSSR count). The molecule has 0 bridgehead atoms. The van der Waals surface area contributed by atoms with Crippen LogP contribution in [0.4, 0.5) is 18.9 Å². The zero-order valence-corrected chi connectivity index (χ0v) is 18.4. The van der Waals surface area contributed by atoms with Gasteiger partial charge in [-0.25, -0.2) is 13.2 Å². The Balaban J connectivity index is 2.07. The molecule has 1 atom stereocenters. The van der Waals surface area contributed by atoms with Crippen molar-refractivity contribution in [3.05, 3.63) is 29.6 Å². The van der Waals surface area contributed by atoms with Gasteiger partial charge in [0, 0.05) is 25.0 Å². The normalized spacial score (nSPS) is 16.7. The van der Waals surface area contributed by atoms with Crippen LogP contribution in [0.3, 0.4) is 0 Å². The number of nitrogens with one attached hydrogen (secondary N) is 1. The minimum atomic E-state index is -1.68. The molecule has 9 heteroatoms. The number of hydrogen-bond donors (Lipinski definition) is 1. The lowest BCUT2D eigenvalue weighted by molar-refractivity contribution is -0.146. The summed E-state index contributed by atoms with van der Waals surface area (Å²) in [6.45, 7) is 8.15. The summed E-state index contributed by atoms with van der Waals surface area (Å²) >= 11 is 0. The van der Waals surface area contributed by atoms with Crippen molar-refractivity contribution in [1.29, 1.82) is 0 Å². The molecule has 1 saturated heterocycles. The van der Waals surface area contributed by atoms with Crippen LogP contribution >= 0.6 is 0 Å². The molecule has 1 aromatic carbocycles. The van der Waals surface area contributed by atoms with Crippen LogP contribution in [-0.4, -0.2) is 53.7 Å². The third kappa shape index (κ3) is 6.21. The van der Waals surface area contributed by atoms with Crippen LogP contribution < -0.4 is 5.32 Å². The third-order valence-electron chi connectivity index (χ3n) is 5.15. The second kappa shape index (κ2) is 10.2. The highest BCUT2D eigenvalue weighted by Gasteiger charge is 2.35. The first-order chi connectivity index (χ1) is 14.5. The van der Waals surface area contributed by atoms with Gasteiger partial charge in [-0.2, -0.15) is 0 Å². The van der Waals surface area contributed by atoms with Crippen LogP contribution in [0.2, 0.25) is 0 Å². The fraction of sp³-hybridized carbons (Fsp3) is 0.591. The predicted molar refractivity (Wildman–Crippen MR) is 111 cm³/mol. The maximum Gasteiger partial charge on any atom is 0.244 e. The minimum Gasteiger partial charge on any atom is -0.341 e. The topological polar surface area (TPSA) is 69.7 Å². The zero-order valence-electron chi connectivity index (χ0n) is 18.4. The Labute approximate surface area is 180 Å². The molecule has 172 valence electrons. The van der Waals surface area contributed by atoms with Crippen LogP contribution in [-0.2, 0) is 14.4 Å². The van der Waals surface area contributed by atoms with Crippen molar-refractivity contribution < 1.29 is 27.6 Å². The van der Waals surface area contributed by atoms with Crippen LogP contribution in [0.1, 0.15) is 47.0 Å². The van der Waals surface area contributed by atoms with Crippen LogP contribution in [0.5, 0.6) is 0 Å². The van der Waals surface area contributed by atoms with Gasteiger partial charge in [0.2, 0.25) is 17.7 Å². The van der Waals surface area contributed by atoms with E-state index in [-0.39, 0.29) is 24.9 Å². The quantitative estimate of drug-likeness (QED) is 0.687. The minimum absolute atomic E-state index is 0.0291. The van der Waals surface area contributed by atoms with E-state index >= 15 is 0 Å². The molecule has 0 radical (unpaired) electrons. The van der Waals surface area contributed by atoms with Gasteiger partial charge in [-0.1, -0.05) is 27.7 Å². The Bertz CT molecular complexity index is 839. The standard InChI is InChI=1S/C22H30F3N3O3/c1-5-10-27(13-17(29)26-16-9-8-15(23)18(24)19(16)25)20(30)14-7-6-11-28(12-14)21(31)22(2,3)4/h8-9,14H,5-7,10-13H2,1-4H3,(H,26,29). The van der Waals surface area contributed by atoms with Gasteiger partial charge in [0.1, 0.15) is 0 Å². The van der Waals surface area contributed by atoms with Gasteiger partial charge >= 0.3 is 0 Å². The molecular formula is C22H30F3N3O3. The molecule has 1 unspecified atom stereocenters. The smallest absolute Gasteiger partial charge is 0.244 e. The lowest BCUT2D eigenvalue weighted by Crippen LogP contribution is -2.50. The number of nitrogens with zero attached hydrogens (tertiary/aromatic N) is 2. The Morgan fingerprint density at radius 2 is 1.84 bits per heavy atom. The predicted octanol–water partition coefficient (Wildman–Crippen LogP) is 3.57. The molecule has 0 spiro atoms. The molecule has 3 amide bonds. The molecular weight excluding hydrogens is 411 g/mol. The summed E-state index contributed by atoms with van der Waals surface area (Å²) in [6, 6.07) is 1.64. The van der Waals surface area contributed by atoms with Gasteiger partial charge in [-0.3, -0.25) is 14.4 Å². The number of hydrogen-bond acceptors (Lipinski definition) is 3. The highest BCUT2D eigenvalue weighted by Crippen LogP contribution is 2.25. The lowest BCUT2D eigenvalue weighted by atomic mass is 9.90. The monoisotopic (exact) mass is 441 g/mol. The van der Waals surface area contributed by atoms with Crippen molar-refractivity contribution in [3.8, 4) is 0 Å². The van der Waals surface area contributed by atoms with Gasteiger partial charge in [0.15, 0.2) is 17.5 Å². The van der Waals surface area contributed by atoms with Crippen molar-refractivity contribution in [3.63, 3.8) is 0 Å². The number of carbonyl (C=O) groups is 3. The molecule has 1 aromatic rings. The summed E-state index contributed by atoms with van der Waals surface area (Å²) in [5, 5.41) is 2.19. The third-order valence-corrected chi connectivity index (χ3v) is 5.15. The van der Waals surface area contributed by atoms with E-state index in [1.807, 2.05) is 27.7 Å². The number of carbonyl (C=O) groups excluding carboxylic acids is 3. The van der Waals surface area contributed by atoms with Gasteiger partial charge in [0.25, 0.3) is 0 Å². The first-order valence-electron chi connectivity index (χ1n) is 10.5. The average molecular weight is 441 g/mol. The molecule has 0 aliphatic carbocycles. The van der Waals surface area contributed by atoms with Crippen LogP contribution in [0.15, 0.2) is 12.1 Å². The molecule has 6 nitrogen and oxygen atoms in total. The van der Waals surface area contributed by atoms with E-state index in [4.69, 9.17) is 0 Å². The Kier molecular flexibility index (Phi) is 8.08. The number of likely N-dealkylation sites (tertiary alicyclic amines) is 1. The fourth-order valence-electron chi connectivity index (χ4n) is 3.62. The summed E-state index contributed by atoms with van der Waals surface area (Å²) < 4.78 is 40.3. The summed E-state index contributed by atoms with van der Waals surface area (Å²) in [5.41, 5.74) is -1.05. The van der Waals surface area contributed by atoms with E-state index in [9.17, 15) is 27.6 Å². The largest absolute Gasteiger partial charge is 0.341 e. The Morgan fingerprint density at radius 1 is 1.16 bits per heavy atom. The van der Waals surface area contributed by atoms with Crippen molar-refractivity contribution in [2.75, 3.05) is 31.5 Å². The first kappa shape index (κ1) is 24.7. The molecule has 0 saturated carbocycles. The van der Waals surface area contributed by atoms with Crippen molar-refractivity contribution in [2.24, 2.45) is 11.3 Å². The van der Waals surface area contributed by atoms with Crippen molar-refractivity contribution >= 4 is 23.4 Å². The van der Waals surface area contributed by atoms with Crippen molar-refractivity contribution in [2.45, 2.75) is 47.0 Å². The molecule has 31 heavy (non-hydrogen) atoms. The van der Waals surface area contributed by atoms with Gasteiger partial charge < -0.3 is 15.1 Å². The second-order valence-electron chi connectivity index (χ2n) is 8.87. The van der Waals surface area contributed by atoms with E-state index in [1.54, 1.807) is 4.90 Å². The summed E-state index contributed by atoms with van der Waals surface area (Å²) in [7, 11) is 0. The van der Waals surface area contributed by atoms with Crippen LogP contribution in [0, 0.1) is 28.8 Å². The van der Waals surface area contributed by atoms with Crippen molar-refractivity contribution in [1.82, 2.24) is 9.80 Å². The van der Waals surface area contributed by atoms with E-state index in [0.29, 0.717) is 38.4 Å². The van der Waals surface area contributed by atoms with E-state index in [0.717, 1.165) is 6.07 Å². The molecule has 1 aliphatic rings. The van der Waals surface area contributed by atoms with Gasteiger partial charge in [-0.05, 0) is 31.4 Å². The maximum absolute atomic E-state index is 13.8. The SMILES string of the molecule is CCCN(CC(=O)Nc1ccc(F)c(F)c1F)C(=O)C1CCCN(C(=O)C(C)(C)C)C1. The van der Waals surface area contributed by atoms with Crippen LogP contribution in [0.25, 0.3) is 0 Å². The lowest BCUT2D eigenvalue weighted by Gasteiger charge is -2.37. The number of piperidine rings is 1. The Hall–Kier alpha value is -2.58. The zero-order chi connectivity index (χ0) is 23.3. The number of anilines is 1. The maximum atomic E-state index is 13.8. The molecule has 1 N–H and O–H groups in total. The second-order valence-corrected chi connectivity index (χ2v) is 8.87. The number of amides is 3. The summed E-state index contributed by atoms with van der Waals surface area (Å²) in [4.78, 5) is 41.1. The molecule has 1 aliphatic heterocycles. The average Bonchev–Trinajstić information content (AvgIpc) is 2.72. The Morgan fingerprint density at radius 3 is 2.45 bits per heavy atom. The molecule has 1 heterocycles. The summed E-state index contributed by atoms with van der Waals surface area (Å²) in [6.07, 6.45) is 1.88. The molecule has 1 fully saturated rings. The van der Waals surface area contributed by atoms with E-state index in [2.05, 4.69) is 5.32 Å². The number of rotatable bonds is 6.